The number of nitrogens with two attached hydrogens (primary N) is 1. The van der Waals surface area contributed by atoms with Crippen molar-refractivity contribution in [2.45, 2.75) is 22.6 Å². The number of amides is 1. The molecule has 1 amide bonds. The minimum Gasteiger partial charge on any atom is -0.495 e. The molecule has 31 heavy (non-hydrogen) atoms. The van der Waals surface area contributed by atoms with Crippen LogP contribution in [0.25, 0.3) is 0 Å². The second kappa shape index (κ2) is 9.25. The van der Waals surface area contributed by atoms with Crippen molar-refractivity contribution in [2.24, 2.45) is 5.73 Å². The Morgan fingerprint density at radius 3 is 2.42 bits per heavy atom. The van der Waals surface area contributed by atoms with Gasteiger partial charge in [0.1, 0.15) is 10.6 Å². The molecule has 3 rings (SSSR count). The van der Waals surface area contributed by atoms with Gasteiger partial charge in [-0.25, -0.2) is 16.8 Å². The lowest BCUT2D eigenvalue weighted by Gasteiger charge is -2.16. The molecule has 1 saturated heterocycles. The Balaban J connectivity index is 1.93. The van der Waals surface area contributed by atoms with Crippen molar-refractivity contribution in [3.8, 4) is 5.75 Å². The molecule has 0 aliphatic carbocycles. The first-order valence-corrected chi connectivity index (χ1v) is 12.8. The molecule has 0 atom stereocenters. The summed E-state index contributed by atoms with van der Waals surface area (Å²) in [7, 11) is -6.71. The molecule has 1 fully saturated rings. The third kappa shape index (κ3) is 5.35. The number of sulfone groups is 1. The zero-order valence-corrected chi connectivity index (χ0v) is 18.7. The van der Waals surface area contributed by atoms with E-state index in [1.807, 2.05) is 0 Å². The number of ether oxygens (including phenoxy) is 1. The highest BCUT2D eigenvalue weighted by molar-refractivity contribution is 7.93. The van der Waals surface area contributed by atoms with Crippen LogP contribution in [-0.2, 0) is 19.9 Å². The van der Waals surface area contributed by atoms with Gasteiger partial charge < -0.3 is 15.4 Å². The lowest BCUT2D eigenvalue weighted by Crippen LogP contribution is -2.26. The van der Waals surface area contributed by atoms with Gasteiger partial charge in [-0.15, -0.1) is 0 Å². The number of nitrogens with zero attached hydrogens (tertiary/aromatic N) is 1. The average molecular weight is 468 g/mol. The third-order valence-electron chi connectivity index (χ3n) is 5.10. The van der Waals surface area contributed by atoms with E-state index in [1.54, 1.807) is 12.1 Å². The van der Waals surface area contributed by atoms with E-state index in [9.17, 15) is 21.6 Å². The zero-order chi connectivity index (χ0) is 22.6. The summed E-state index contributed by atoms with van der Waals surface area (Å²) in [6.45, 7) is 2.11. The van der Waals surface area contributed by atoms with Crippen LogP contribution in [0.2, 0.25) is 0 Å². The van der Waals surface area contributed by atoms with Crippen LogP contribution < -0.4 is 15.2 Å². The highest BCUT2D eigenvalue weighted by Gasteiger charge is 2.26. The molecule has 11 heteroatoms. The number of sulfonamides is 1. The van der Waals surface area contributed by atoms with Crippen molar-refractivity contribution in [1.29, 1.82) is 0 Å². The van der Waals surface area contributed by atoms with E-state index >= 15 is 0 Å². The molecule has 168 valence electrons. The zero-order valence-electron chi connectivity index (χ0n) is 17.1. The molecule has 0 aromatic heterocycles. The molecule has 0 bridgehead atoms. The van der Waals surface area contributed by atoms with Gasteiger partial charge in [-0.3, -0.25) is 9.52 Å². The van der Waals surface area contributed by atoms with Crippen LogP contribution in [0.3, 0.4) is 0 Å². The van der Waals surface area contributed by atoms with Crippen molar-refractivity contribution in [3.63, 3.8) is 0 Å². The average Bonchev–Trinajstić information content (AvgIpc) is 3.25. The van der Waals surface area contributed by atoms with Crippen molar-refractivity contribution in [3.05, 3.63) is 48.0 Å². The lowest BCUT2D eigenvalue weighted by molar-refractivity contribution is 0.100. The summed E-state index contributed by atoms with van der Waals surface area (Å²) >= 11 is 0. The molecule has 0 saturated carbocycles. The number of methoxy groups -OCH3 is 1. The maximum atomic E-state index is 13.1. The smallest absolute Gasteiger partial charge is 0.265 e. The van der Waals surface area contributed by atoms with Crippen LogP contribution in [0.4, 0.5) is 5.69 Å². The highest BCUT2D eigenvalue weighted by atomic mass is 32.2. The summed E-state index contributed by atoms with van der Waals surface area (Å²) < 4.78 is 59.2. The fourth-order valence-electron chi connectivity index (χ4n) is 3.42. The number of rotatable bonds is 9. The molecule has 1 heterocycles. The number of hydrogen-bond acceptors (Lipinski definition) is 7. The number of benzene rings is 2. The molecule has 2 aromatic carbocycles. The summed E-state index contributed by atoms with van der Waals surface area (Å²) in [6, 6.07) is 9.57. The predicted octanol–water partition coefficient (Wildman–Crippen LogP) is 1.46. The quantitative estimate of drug-likeness (QED) is 0.570. The van der Waals surface area contributed by atoms with Crippen LogP contribution in [0.1, 0.15) is 23.2 Å². The van der Waals surface area contributed by atoms with Gasteiger partial charge >= 0.3 is 0 Å². The number of carbonyl (C=O) groups excluding carboxylic acids is 1. The Hall–Kier alpha value is -2.63. The summed E-state index contributed by atoms with van der Waals surface area (Å²) in [6.07, 6.45) is 2.09. The normalized spacial score (nSPS) is 15.0. The van der Waals surface area contributed by atoms with Crippen LogP contribution in [0, 0.1) is 0 Å². The van der Waals surface area contributed by atoms with Crippen LogP contribution in [0.15, 0.2) is 52.3 Å². The Morgan fingerprint density at radius 1 is 1.10 bits per heavy atom. The maximum absolute atomic E-state index is 13.1. The number of nitrogens with one attached hydrogen (secondary N) is 1. The maximum Gasteiger partial charge on any atom is 0.265 e. The second-order valence-electron chi connectivity index (χ2n) is 7.20. The van der Waals surface area contributed by atoms with Gasteiger partial charge in [-0.1, -0.05) is 12.1 Å². The minimum atomic E-state index is -4.28. The first kappa shape index (κ1) is 23.0. The van der Waals surface area contributed by atoms with E-state index in [0.717, 1.165) is 32.0 Å². The van der Waals surface area contributed by atoms with E-state index in [1.165, 1.54) is 31.4 Å². The topological polar surface area (TPSA) is 136 Å². The molecule has 9 nitrogen and oxygen atoms in total. The van der Waals surface area contributed by atoms with Gasteiger partial charge in [0.25, 0.3) is 15.9 Å². The van der Waals surface area contributed by atoms with Crippen molar-refractivity contribution in [2.75, 3.05) is 37.2 Å². The number of primary amides is 1. The van der Waals surface area contributed by atoms with Crippen molar-refractivity contribution in [1.82, 2.24) is 4.90 Å². The number of hydrogen-bond donors (Lipinski definition) is 2. The van der Waals surface area contributed by atoms with Gasteiger partial charge in [0.15, 0.2) is 9.84 Å². The Morgan fingerprint density at radius 2 is 1.77 bits per heavy atom. The first-order chi connectivity index (χ1) is 14.6. The minimum absolute atomic E-state index is 0.0144. The summed E-state index contributed by atoms with van der Waals surface area (Å²) in [5.74, 6) is -0.942. The third-order valence-corrected chi connectivity index (χ3v) is 8.17. The highest BCUT2D eigenvalue weighted by Crippen LogP contribution is 2.30. The number of likely N-dealkylation sites (tertiary alicyclic amines) is 1. The molecule has 1 aliphatic rings. The molecule has 1 aliphatic heterocycles. The predicted molar refractivity (Wildman–Crippen MR) is 116 cm³/mol. The summed E-state index contributed by atoms with van der Waals surface area (Å²) in [4.78, 5) is 13.2. The van der Waals surface area contributed by atoms with Crippen LogP contribution in [-0.4, -0.2) is 60.1 Å². The fourth-order valence-corrected chi connectivity index (χ4v) is 6.08. The summed E-state index contributed by atoms with van der Waals surface area (Å²) in [5.41, 5.74) is 5.28. The largest absolute Gasteiger partial charge is 0.495 e. The number of para-hydroxylation sites is 1. The van der Waals surface area contributed by atoms with Gasteiger partial charge in [0.05, 0.1) is 29.0 Å². The fraction of sp³-hybridized carbons (Fsp3) is 0.350. The number of anilines is 1. The van der Waals surface area contributed by atoms with Crippen molar-refractivity contribution < 1.29 is 26.4 Å². The monoisotopic (exact) mass is 467 g/mol. The van der Waals surface area contributed by atoms with E-state index in [4.69, 9.17) is 10.5 Å². The molecule has 0 spiro atoms. The lowest BCUT2D eigenvalue weighted by atomic mass is 10.2. The van der Waals surface area contributed by atoms with Crippen LogP contribution in [0.5, 0.6) is 5.75 Å². The standard InChI is InChI=1S/C20H25N3O6S2/c1-29-18-9-8-15(30(25,26)13-12-23-10-4-5-11-23)14-19(18)31(27,28)22-17-7-3-2-6-16(17)20(21)24/h2-3,6-9,14,22H,4-5,10-13H2,1H3,(H2,21,24). The van der Waals surface area contributed by atoms with Gasteiger partial charge in [-0.05, 0) is 56.3 Å². The molecule has 2 aromatic rings. The second-order valence-corrected chi connectivity index (χ2v) is 11.0. The van der Waals surface area contributed by atoms with Crippen molar-refractivity contribution >= 4 is 31.5 Å². The van der Waals surface area contributed by atoms with Gasteiger partial charge in [-0.2, -0.15) is 0 Å². The molecular weight excluding hydrogens is 442 g/mol. The molecular formula is C20H25N3O6S2. The molecule has 3 N–H and O–H groups in total. The van der Waals surface area contributed by atoms with E-state index in [0.29, 0.717) is 6.54 Å². The van der Waals surface area contributed by atoms with Gasteiger partial charge in [0, 0.05) is 6.54 Å². The Kier molecular flexibility index (Phi) is 6.87. The Bertz CT molecular complexity index is 1170. The molecule has 0 radical (unpaired) electrons. The van der Waals surface area contributed by atoms with Gasteiger partial charge in [0.2, 0.25) is 0 Å². The number of carbonyl (C=O) groups is 1. The Labute approximate surface area is 182 Å². The van der Waals surface area contributed by atoms with E-state index < -0.39 is 25.8 Å². The SMILES string of the molecule is COc1ccc(S(=O)(=O)CCN2CCCC2)cc1S(=O)(=O)Nc1ccccc1C(N)=O. The van der Waals surface area contributed by atoms with E-state index in [-0.39, 0.29) is 32.5 Å². The van der Waals surface area contributed by atoms with E-state index in [2.05, 4.69) is 9.62 Å². The molecule has 0 unspecified atom stereocenters. The summed E-state index contributed by atoms with van der Waals surface area (Å²) in [5, 5.41) is 0. The first-order valence-electron chi connectivity index (χ1n) is 9.69. The van der Waals surface area contributed by atoms with Crippen LogP contribution >= 0.6 is 0 Å².